The van der Waals surface area contributed by atoms with Gasteiger partial charge in [-0.05, 0) is 84.1 Å². The number of aromatic hydroxyl groups is 1. The topological polar surface area (TPSA) is 189 Å². The second-order valence-electron chi connectivity index (χ2n) is 19.7. The van der Waals surface area contributed by atoms with Crippen molar-refractivity contribution in [1.29, 1.82) is 0 Å². The van der Waals surface area contributed by atoms with Gasteiger partial charge in [0.25, 0.3) is 5.91 Å². The van der Waals surface area contributed by atoms with Gasteiger partial charge in [0.15, 0.2) is 23.2 Å². The fourth-order valence-electron chi connectivity index (χ4n) is 12.1. The Bertz CT molecular complexity index is 2950. The normalized spacial score (nSPS) is 30.0. The van der Waals surface area contributed by atoms with Crippen LogP contribution in [0.1, 0.15) is 99.4 Å². The highest BCUT2D eigenvalue weighted by molar-refractivity contribution is 6.14. The Morgan fingerprint density at radius 2 is 1.91 bits per heavy atom. The van der Waals surface area contributed by atoms with E-state index in [-0.39, 0.29) is 66.3 Å². The minimum atomic E-state index is -2.46. The molecule has 0 radical (unpaired) electrons. The maximum absolute atomic E-state index is 15.2. The molecule has 12 rings (SSSR count). The maximum Gasteiger partial charge on any atom is 0.254 e. The summed E-state index contributed by atoms with van der Waals surface area (Å²) in [5.74, 6) is 2.24. The molecule has 3 aromatic rings. The molecular formula is C55H54N3O11+. The highest BCUT2D eigenvalue weighted by atomic mass is 16.7. The van der Waals surface area contributed by atoms with Crippen LogP contribution in [0.5, 0.6) is 17.2 Å². The summed E-state index contributed by atoms with van der Waals surface area (Å²) in [6, 6.07) is 7.64. The van der Waals surface area contributed by atoms with Crippen LogP contribution in [0.3, 0.4) is 0 Å². The lowest BCUT2D eigenvalue weighted by Gasteiger charge is -2.47. The van der Waals surface area contributed by atoms with Crippen LogP contribution in [0.2, 0.25) is 0 Å². The van der Waals surface area contributed by atoms with Crippen molar-refractivity contribution in [2.24, 2.45) is 10.9 Å². The van der Waals surface area contributed by atoms with Crippen LogP contribution in [0.25, 0.3) is 22.9 Å². The van der Waals surface area contributed by atoms with E-state index in [1.165, 1.54) is 24.9 Å². The zero-order chi connectivity index (χ0) is 47.1. The number of phenols is 1. The first-order valence-electron chi connectivity index (χ1n) is 24.2. The first-order chi connectivity index (χ1) is 33.6. The Morgan fingerprint density at radius 1 is 1.06 bits per heavy atom. The number of carbonyl (C=O) groups is 2. The number of phenolic OH excluding ortho intramolecular Hbond substituents is 1. The third-order valence-corrected chi connectivity index (χ3v) is 15.8. The van der Waals surface area contributed by atoms with Crippen LogP contribution in [0.15, 0.2) is 76.0 Å². The Balaban J connectivity index is 1.06. The SMILES string of the molecule is COc1cc2c3c(c4c(O)c2c2c1C=CC(C1=C5[CH+]C(CNC6CCCC6)=CC=C5N=C1)OCC1OC(O2)C(O)(CO)C(OC#CCc2cccc5c2CN(CC4=O)C5=O)C1O)C1CCCC1C=C3. The number of aliphatic imine (C=N–C) groups is 1. The number of carbonyl (C=O) groups excluding carboxylic acids is 2. The molecule has 5 heterocycles. The largest absolute Gasteiger partial charge is 0.506 e. The van der Waals surface area contributed by atoms with Gasteiger partial charge in [0.1, 0.15) is 47.2 Å². The van der Waals surface area contributed by atoms with Crippen LogP contribution in [-0.4, -0.2) is 119 Å². The standard InChI is InChI=1S/C55H53N3O11/c1-65-44-22-38-34-16-15-31-8-4-12-33(31)46(34)48-42(60)26-58-25-40-30(7-5-13-35(40)53(58)63)9-6-20-66-52-49(61)45-27-67-43(19-17-36(44)51(47(38)50(48)62)69-54(68-45)55(52,64)28-59)39-24-57-41-18-14-29(21-37(39)41)23-56-32-10-2-3-11-32/h5,7,13-19,21-22,24,31-33,43,45,49,52,54,56,59,61,64H,2-4,8-12,23,25-28H2,1H3/p+1. The van der Waals surface area contributed by atoms with E-state index in [0.717, 1.165) is 65.6 Å². The van der Waals surface area contributed by atoms with Crippen molar-refractivity contribution >= 4 is 40.8 Å². The first kappa shape index (κ1) is 44.1. The number of methoxy groups -OCH3 is 1. The van der Waals surface area contributed by atoms with Crippen molar-refractivity contribution in [3.8, 4) is 29.3 Å². The molecule has 5 aliphatic heterocycles. The molecule has 0 spiro atoms. The molecule has 14 heteroatoms. The number of hydrogen-bond donors (Lipinski definition) is 5. The van der Waals surface area contributed by atoms with Crippen LogP contribution < -0.4 is 14.8 Å². The predicted molar refractivity (Wildman–Crippen MR) is 255 cm³/mol. The zero-order valence-electron chi connectivity index (χ0n) is 38.3. The van der Waals surface area contributed by atoms with Gasteiger partial charge in [0, 0.05) is 60.6 Å². The van der Waals surface area contributed by atoms with Crippen molar-refractivity contribution in [2.45, 2.75) is 106 Å². The van der Waals surface area contributed by atoms with Gasteiger partial charge in [0.2, 0.25) is 6.29 Å². The Kier molecular flexibility index (Phi) is 11.1. The summed E-state index contributed by atoms with van der Waals surface area (Å²) >= 11 is 0. The number of aliphatic hydroxyl groups is 3. The molecule has 8 bridgehead atoms. The maximum atomic E-state index is 15.2. The molecule has 3 fully saturated rings. The number of hydrogen-bond acceptors (Lipinski definition) is 13. The molecule has 9 aliphatic rings. The Morgan fingerprint density at radius 3 is 2.75 bits per heavy atom. The minimum Gasteiger partial charge on any atom is -0.506 e. The predicted octanol–water partition coefficient (Wildman–Crippen LogP) is 5.75. The summed E-state index contributed by atoms with van der Waals surface area (Å²) in [7, 11) is 1.52. The van der Waals surface area contributed by atoms with Gasteiger partial charge in [-0.2, -0.15) is 4.99 Å². The number of nitrogens with one attached hydrogen (secondary N) is 1. The summed E-state index contributed by atoms with van der Waals surface area (Å²) in [5.41, 5.74) is 4.74. The lowest BCUT2D eigenvalue weighted by Crippen LogP contribution is -2.70. The Hall–Kier alpha value is -6.18. The number of benzene rings is 3. The van der Waals surface area contributed by atoms with Gasteiger partial charge in [-0.25, -0.2) is 0 Å². The molecule has 8 unspecified atom stereocenters. The number of Topliss-reactive ketones (excluding diaryl/α,β-unsaturated/α-hetero) is 1. The van der Waals surface area contributed by atoms with Crippen LogP contribution >= 0.6 is 0 Å². The third-order valence-electron chi connectivity index (χ3n) is 15.8. The van der Waals surface area contributed by atoms with Gasteiger partial charge in [-0.1, -0.05) is 49.5 Å². The number of nitrogens with zero attached hydrogens (tertiary/aromatic N) is 2. The highest BCUT2D eigenvalue weighted by Crippen LogP contribution is 2.55. The second-order valence-corrected chi connectivity index (χ2v) is 19.7. The molecule has 1 amide bonds. The van der Waals surface area contributed by atoms with E-state index in [4.69, 9.17) is 28.7 Å². The van der Waals surface area contributed by atoms with Gasteiger partial charge in [-0.15, -0.1) is 0 Å². The lowest BCUT2D eigenvalue weighted by molar-refractivity contribution is -0.327. The van der Waals surface area contributed by atoms with Gasteiger partial charge in [-0.3, -0.25) is 9.59 Å². The summed E-state index contributed by atoms with van der Waals surface area (Å²) in [5, 5.41) is 53.3. The first-order valence-corrected chi connectivity index (χ1v) is 24.2. The number of ketones is 1. The average Bonchev–Trinajstić information content (AvgIpc) is 4.19. The number of aliphatic hydroxyl groups excluding tert-OH is 2. The van der Waals surface area contributed by atoms with E-state index in [1.807, 2.05) is 30.4 Å². The van der Waals surface area contributed by atoms with E-state index in [9.17, 15) is 25.2 Å². The van der Waals surface area contributed by atoms with E-state index in [0.29, 0.717) is 46.0 Å². The van der Waals surface area contributed by atoms with Crippen LogP contribution in [-0.2, 0) is 27.2 Å². The van der Waals surface area contributed by atoms with E-state index in [1.54, 1.807) is 24.4 Å². The molecule has 69 heavy (non-hydrogen) atoms. The number of rotatable bonds is 6. The van der Waals surface area contributed by atoms with Gasteiger partial charge < -0.3 is 54.3 Å². The highest BCUT2D eigenvalue weighted by Gasteiger charge is 2.59. The summed E-state index contributed by atoms with van der Waals surface area (Å²) in [4.78, 5) is 35.5. The summed E-state index contributed by atoms with van der Waals surface area (Å²) in [6.45, 7) is -0.695. The number of ether oxygens (including phenoxy) is 5. The molecule has 4 aliphatic carbocycles. The van der Waals surface area contributed by atoms with Crippen molar-refractivity contribution in [3.63, 3.8) is 0 Å². The van der Waals surface area contributed by atoms with Crippen molar-refractivity contribution in [1.82, 2.24) is 10.2 Å². The fraction of sp³-hybridized carbons (Fsp3) is 0.418. The third kappa shape index (κ3) is 7.24. The number of allylic oxidation sites excluding steroid dienone is 4. The van der Waals surface area contributed by atoms with E-state index >= 15 is 4.79 Å². The second kappa shape index (κ2) is 17.3. The Labute approximate surface area is 399 Å². The molecule has 2 saturated carbocycles. The van der Waals surface area contributed by atoms with Gasteiger partial charge in [0.05, 0.1) is 55.2 Å². The molecule has 8 atom stereocenters. The molecule has 1 saturated heterocycles. The molecular weight excluding hydrogens is 879 g/mol. The lowest BCUT2D eigenvalue weighted by atomic mass is 9.75. The monoisotopic (exact) mass is 932 g/mol. The number of amides is 1. The zero-order valence-corrected chi connectivity index (χ0v) is 38.3. The molecule has 354 valence electrons. The fourth-order valence-corrected chi connectivity index (χ4v) is 12.1. The smallest absolute Gasteiger partial charge is 0.254 e. The van der Waals surface area contributed by atoms with Crippen LogP contribution in [0, 0.1) is 24.4 Å². The summed E-state index contributed by atoms with van der Waals surface area (Å²) in [6.07, 6.45) is 18.9. The van der Waals surface area contributed by atoms with Crippen molar-refractivity contribution in [3.05, 3.63) is 116 Å². The van der Waals surface area contributed by atoms with E-state index in [2.05, 4.69) is 35.9 Å². The average molecular weight is 933 g/mol. The van der Waals surface area contributed by atoms with Crippen LogP contribution in [0.4, 0.5) is 0 Å². The van der Waals surface area contributed by atoms with Crippen molar-refractivity contribution in [2.75, 3.05) is 33.4 Å². The molecule has 3 aromatic carbocycles. The summed E-state index contributed by atoms with van der Waals surface area (Å²) < 4.78 is 32.3. The number of fused-ring (bicyclic) bond motifs is 10. The molecule has 0 aromatic heterocycles. The molecule has 5 N–H and O–H groups in total. The van der Waals surface area contributed by atoms with Crippen molar-refractivity contribution < 1.29 is 53.7 Å². The quantitative estimate of drug-likeness (QED) is 0.149. The van der Waals surface area contributed by atoms with Gasteiger partial charge >= 0.3 is 0 Å². The van der Waals surface area contributed by atoms with E-state index < -0.39 is 48.7 Å². The molecule has 14 nitrogen and oxygen atoms in total. The minimum absolute atomic E-state index is 0.0319.